The van der Waals surface area contributed by atoms with Gasteiger partial charge in [-0.05, 0) is 56.5 Å². The van der Waals surface area contributed by atoms with Crippen molar-refractivity contribution < 1.29 is 9.18 Å². The zero-order chi connectivity index (χ0) is 12.4. The minimum atomic E-state index is -0.270. The SMILES string of the molecule is Cc1cc(F)cc(C)c1C(=O)C1CCCCN1. The van der Waals surface area contributed by atoms with Gasteiger partial charge in [-0.25, -0.2) is 4.39 Å². The summed E-state index contributed by atoms with van der Waals surface area (Å²) in [5.74, 6) is -0.159. The number of Topliss-reactive ketones (excluding diaryl/α,β-unsaturated/α-hetero) is 1. The lowest BCUT2D eigenvalue weighted by molar-refractivity contribution is 0.0926. The predicted octanol–water partition coefficient (Wildman–Crippen LogP) is 2.77. The lowest BCUT2D eigenvalue weighted by Crippen LogP contribution is -2.40. The molecule has 1 aliphatic heterocycles. The first kappa shape index (κ1) is 12.2. The molecule has 1 fully saturated rings. The van der Waals surface area contributed by atoms with Gasteiger partial charge < -0.3 is 5.32 Å². The number of carbonyl (C=O) groups is 1. The van der Waals surface area contributed by atoms with Crippen molar-refractivity contribution in [2.24, 2.45) is 0 Å². The zero-order valence-electron chi connectivity index (χ0n) is 10.3. The molecule has 1 aromatic carbocycles. The Morgan fingerprint density at radius 1 is 1.29 bits per heavy atom. The highest BCUT2D eigenvalue weighted by Crippen LogP contribution is 2.20. The van der Waals surface area contributed by atoms with Gasteiger partial charge in [0.1, 0.15) is 5.82 Å². The molecule has 0 radical (unpaired) electrons. The third-order valence-corrected chi connectivity index (χ3v) is 3.37. The Hall–Kier alpha value is -1.22. The third kappa shape index (κ3) is 2.55. The molecular weight excluding hydrogens is 217 g/mol. The highest BCUT2D eigenvalue weighted by molar-refractivity contribution is 6.02. The standard InChI is InChI=1S/C14H18FNO/c1-9-7-11(15)8-10(2)13(9)14(17)12-5-3-4-6-16-12/h7-8,12,16H,3-6H2,1-2H3. The molecule has 0 amide bonds. The van der Waals surface area contributed by atoms with Gasteiger partial charge in [0, 0.05) is 5.56 Å². The van der Waals surface area contributed by atoms with Crippen LogP contribution in [0.25, 0.3) is 0 Å². The summed E-state index contributed by atoms with van der Waals surface area (Å²) in [6, 6.07) is 2.78. The molecule has 92 valence electrons. The molecule has 0 aromatic heterocycles. The molecule has 17 heavy (non-hydrogen) atoms. The summed E-state index contributed by atoms with van der Waals surface area (Å²) in [6.45, 7) is 4.49. The van der Waals surface area contributed by atoms with E-state index in [2.05, 4.69) is 5.32 Å². The van der Waals surface area contributed by atoms with Gasteiger partial charge in [-0.3, -0.25) is 4.79 Å². The summed E-state index contributed by atoms with van der Waals surface area (Å²) in [5, 5.41) is 3.24. The van der Waals surface area contributed by atoms with E-state index in [0.29, 0.717) is 5.56 Å². The average Bonchev–Trinajstić information content (AvgIpc) is 2.28. The van der Waals surface area contributed by atoms with Crippen LogP contribution in [0.3, 0.4) is 0 Å². The Kier molecular flexibility index (Phi) is 3.57. The van der Waals surface area contributed by atoms with E-state index in [-0.39, 0.29) is 17.6 Å². The molecule has 0 bridgehead atoms. The second-order valence-corrected chi connectivity index (χ2v) is 4.78. The van der Waals surface area contributed by atoms with Crippen molar-refractivity contribution in [1.29, 1.82) is 0 Å². The summed E-state index contributed by atoms with van der Waals surface area (Å²) < 4.78 is 13.2. The van der Waals surface area contributed by atoms with Crippen LogP contribution in [0.1, 0.15) is 40.7 Å². The van der Waals surface area contributed by atoms with E-state index < -0.39 is 0 Å². The van der Waals surface area contributed by atoms with E-state index in [1.807, 2.05) is 0 Å². The van der Waals surface area contributed by atoms with Crippen LogP contribution in [-0.4, -0.2) is 18.4 Å². The van der Waals surface area contributed by atoms with Crippen molar-refractivity contribution in [1.82, 2.24) is 5.32 Å². The smallest absolute Gasteiger partial charge is 0.180 e. The Balaban J connectivity index is 2.30. The molecule has 1 aromatic rings. The van der Waals surface area contributed by atoms with Crippen LogP contribution in [0, 0.1) is 19.7 Å². The van der Waals surface area contributed by atoms with Gasteiger partial charge in [-0.1, -0.05) is 6.42 Å². The summed E-state index contributed by atoms with van der Waals surface area (Å²) in [4.78, 5) is 12.4. The Morgan fingerprint density at radius 3 is 2.47 bits per heavy atom. The molecule has 1 N–H and O–H groups in total. The average molecular weight is 235 g/mol. The van der Waals surface area contributed by atoms with E-state index in [4.69, 9.17) is 0 Å². The molecule has 1 heterocycles. The maximum atomic E-state index is 13.2. The van der Waals surface area contributed by atoms with Crippen molar-refractivity contribution in [3.05, 3.63) is 34.6 Å². The quantitative estimate of drug-likeness (QED) is 0.799. The minimum absolute atomic E-state index is 0.0911. The fourth-order valence-electron chi connectivity index (χ4n) is 2.55. The van der Waals surface area contributed by atoms with Gasteiger partial charge in [0.05, 0.1) is 6.04 Å². The van der Waals surface area contributed by atoms with E-state index >= 15 is 0 Å². The maximum absolute atomic E-state index is 13.2. The van der Waals surface area contributed by atoms with Crippen molar-refractivity contribution in [2.75, 3.05) is 6.54 Å². The second kappa shape index (κ2) is 4.96. The molecule has 0 aliphatic carbocycles. The highest BCUT2D eigenvalue weighted by Gasteiger charge is 2.24. The Bertz CT molecular complexity index is 413. The number of nitrogens with one attached hydrogen (secondary N) is 1. The first-order chi connectivity index (χ1) is 8.09. The van der Waals surface area contributed by atoms with Crippen LogP contribution >= 0.6 is 0 Å². The van der Waals surface area contributed by atoms with Crippen molar-refractivity contribution >= 4 is 5.78 Å². The van der Waals surface area contributed by atoms with E-state index in [1.165, 1.54) is 12.1 Å². The Morgan fingerprint density at radius 2 is 1.94 bits per heavy atom. The fraction of sp³-hybridized carbons (Fsp3) is 0.500. The summed E-state index contributed by atoms with van der Waals surface area (Å²) in [6.07, 6.45) is 3.10. The van der Waals surface area contributed by atoms with Gasteiger partial charge in [-0.2, -0.15) is 0 Å². The molecule has 3 heteroatoms. The fourth-order valence-corrected chi connectivity index (χ4v) is 2.55. The topological polar surface area (TPSA) is 29.1 Å². The van der Waals surface area contributed by atoms with E-state index in [1.54, 1.807) is 13.8 Å². The molecule has 1 atom stereocenters. The van der Waals surface area contributed by atoms with E-state index in [0.717, 1.165) is 36.9 Å². The van der Waals surface area contributed by atoms with Gasteiger partial charge in [0.25, 0.3) is 0 Å². The van der Waals surface area contributed by atoms with Gasteiger partial charge >= 0.3 is 0 Å². The molecule has 0 spiro atoms. The van der Waals surface area contributed by atoms with Crippen LogP contribution in [0.2, 0.25) is 0 Å². The lowest BCUT2D eigenvalue weighted by Gasteiger charge is -2.23. The zero-order valence-corrected chi connectivity index (χ0v) is 10.3. The number of aryl methyl sites for hydroxylation is 2. The van der Waals surface area contributed by atoms with Crippen LogP contribution in [-0.2, 0) is 0 Å². The number of benzene rings is 1. The predicted molar refractivity (Wildman–Crippen MR) is 65.8 cm³/mol. The van der Waals surface area contributed by atoms with Gasteiger partial charge in [-0.15, -0.1) is 0 Å². The number of hydrogen-bond donors (Lipinski definition) is 1. The van der Waals surface area contributed by atoms with Crippen LogP contribution < -0.4 is 5.32 Å². The van der Waals surface area contributed by atoms with Crippen molar-refractivity contribution in [3.63, 3.8) is 0 Å². The van der Waals surface area contributed by atoms with Crippen LogP contribution in [0.5, 0.6) is 0 Å². The second-order valence-electron chi connectivity index (χ2n) is 4.78. The summed E-state index contributed by atoms with van der Waals surface area (Å²) in [7, 11) is 0. The molecule has 1 aliphatic rings. The summed E-state index contributed by atoms with van der Waals surface area (Å²) >= 11 is 0. The largest absolute Gasteiger partial charge is 0.307 e. The number of piperidine rings is 1. The van der Waals surface area contributed by atoms with Crippen LogP contribution in [0.4, 0.5) is 4.39 Å². The number of ketones is 1. The van der Waals surface area contributed by atoms with Crippen molar-refractivity contribution in [3.8, 4) is 0 Å². The molecule has 1 unspecified atom stereocenters. The Labute approximate surface area is 101 Å². The minimum Gasteiger partial charge on any atom is -0.307 e. The first-order valence-electron chi connectivity index (χ1n) is 6.14. The number of hydrogen-bond acceptors (Lipinski definition) is 2. The first-order valence-corrected chi connectivity index (χ1v) is 6.14. The number of rotatable bonds is 2. The summed E-state index contributed by atoms with van der Waals surface area (Å²) in [5.41, 5.74) is 2.16. The molecule has 0 saturated carbocycles. The monoisotopic (exact) mass is 235 g/mol. The van der Waals surface area contributed by atoms with Crippen molar-refractivity contribution in [2.45, 2.75) is 39.2 Å². The molecular formula is C14H18FNO. The molecule has 1 saturated heterocycles. The van der Waals surface area contributed by atoms with Gasteiger partial charge in [0.15, 0.2) is 5.78 Å². The van der Waals surface area contributed by atoms with Crippen LogP contribution in [0.15, 0.2) is 12.1 Å². The van der Waals surface area contributed by atoms with Gasteiger partial charge in [0.2, 0.25) is 0 Å². The number of carbonyl (C=O) groups excluding carboxylic acids is 1. The molecule has 2 rings (SSSR count). The lowest BCUT2D eigenvalue weighted by atomic mass is 9.91. The van der Waals surface area contributed by atoms with E-state index in [9.17, 15) is 9.18 Å². The highest BCUT2D eigenvalue weighted by atomic mass is 19.1. The maximum Gasteiger partial charge on any atom is 0.180 e. The normalized spacial score (nSPS) is 20.3. The third-order valence-electron chi connectivity index (χ3n) is 3.37. The number of halogens is 1. The molecule has 2 nitrogen and oxygen atoms in total.